The van der Waals surface area contributed by atoms with Gasteiger partial charge < -0.3 is 14.8 Å². The zero-order valence-electron chi connectivity index (χ0n) is 19.5. The molecule has 182 valence electrons. The highest BCUT2D eigenvalue weighted by atomic mass is 35.5. The fourth-order valence-corrected chi connectivity index (χ4v) is 4.73. The SMILES string of the molecule is CC(C)[C@@H]1CC[C@@H](C)C[C@H]1OC(=O)c1ccccc1C(=O)OCC(=O)Nc1ccc(Cl)cc1Cl. The van der Waals surface area contributed by atoms with Crippen LogP contribution in [0, 0.1) is 17.8 Å². The summed E-state index contributed by atoms with van der Waals surface area (Å²) in [6.07, 6.45) is 2.72. The maximum absolute atomic E-state index is 13.0. The number of benzene rings is 2. The highest BCUT2D eigenvalue weighted by Crippen LogP contribution is 2.36. The van der Waals surface area contributed by atoms with Gasteiger partial charge in [0, 0.05) is 5.02 Å². The summed E-state index contributed by atoms with van der Waals surface area (Å²) in [7, 11) is 0. The Morgan fingerprint density at radius 3 is 2.35 bits per heavy atom. The van der Waals surface area contributed by atoms with Crippen LogP contribution in [0.25, 0.3) is 0 Å². The molecule has 1 saturated carbocycles. The number of rotatable bonds is 7. The number of hydrogen-bond acceptors (Lipinski definition) is 5. The molecular formula is C26H29Cl2NO5. The van der Waals surface area contributed by atoms with Crippen molar-refractivity contribution in [2.45, 2.75) is 46.1 Å². The Morgan fingerprint density at radius 2 is 1.71 bits per heavy atom. The Hall–Kier alpha value is -2.57. The zero-order valence-corrected chi connectivity index (χ0v) is 21.0. The van der Waals surface area contributed by atoms with Gasteiger partial charge in [-0.25, -0.2) is 9.59 Å². The number of carbonyl (C=O) groups is 3. The summed E-state index contributed by atoms with van der Waals surface area (Å²) >= 11 is 11.9. The molecule has 0 saturated heterocycles. The molecule has 1 fully saturated rings. The van der Waals surface area contributed by atoms with E-state index in [1.807, 2.05) is 0 Å². The van der Waals surface area contributed by atoms with Crippen molar-refractivity contribution in [3.8, 4) is 0 Å². The summed E-state index contributed by atoms with van der Waals surface area (Å²) < 4.78 is 11.0. The summed E-state index contributed by atoms with van der Waals surface area (Å²) in [5.41, 5.74) is 0.515. The lowest BCUT2D eigenvalue weighted by atomic mass is 9.75. The lowest BCUT2D eigenvalue weighted by Crippen LogP contribution is -2.36. The molecular weight excluding hydrogens is 477 g/mol. The molecule has 0 heterocycles. The first kappa shape index (κ1) is 26.0. The molecule has 0 spiro atoms. The average Bonchev–Trinajstić information content (AvgIpc) is 2.79. The first-order valence-electron chi connectivity index (χ1n) is 11.4. The lowest BCUT2D eigenvalue weighted by Gasteiger charge is -2.36. The molecule has 2 aromatic carbocycles. The van der Waals surface area contributed by atoms with Gasteiger partial charge in [0.2, 0.25) is 0 Å². The topological polar surface area (TPSA) is 81.7 Å². The molecule has 1 aliphatic rings. The molecule has 1 amide bonds. The van der Waals surface area contributed by atoms with E-state index in [1.54, 1.807) is 24.3 Å². The van der Waals surface area contributed by atoms with Crippen molar-refractivity contribution in [1.82, 2.24) is 0 Å². The van der Waals surface area contributed by atoms with Crippen molar-refractivity contribution in [3.63, 3.8) is 0 Å². The van der Waals surface area contributed by atoms with Crippen molar-refractivity contribution < 1.29 is 23.9 Å². The fourth-order valence-electron chi connectivity index (χ4n) is 4.28. The first-order chi connectivity index (χ1) is 16.2. The van der Waals surface area contributed by atoms with Crippen LogP contribution in [-0.4, -0.2) is 30.6 Å². The van der Waals surface area contributed by atoms with Crippen molar-refractivity contribution in [2.75, 3.05) is 11.9 Å². The molecule has 1 N–H and O–H groups in total. The fraction of sp³-hybridized carbons (Fsp3) is 0.423. The molecule has 0 radical (unpaired) electrons. The van der Waals surface area contributed by atoms with E-state index >= 15 is 0 Å². The summed E-state index contributed by atoms with van der Waals surface area (Å²) in [5.74, 6) is -0.785. The van der Waals surface area contributed by atoms with E-state index in [0.29, 0.717) is 22.5 Å². The first-order valence-corrected chi connectivity index (χ1v) is 12.1. The van der Waals surface area contributed by atoms with Gasteiger partial charge in [-0.1, -0.05) is 62.5 Å². The van der Waals surface area contributed by atoms with Gasteiger partial charge in [-0.2, -0.15) is 0 Å². The number of ether oxygens (including phenoxy) is 2. The van der Waals surface area contributed by atoms with E-state index in [9.17, 15) is 14.4 Å². The van der Waals surface area contributed by atoms with Gasteiger partial charge in [0.05, 0.1) is 21.8 Å². The summed E-state index contributed by atoms with van der Waals surface area (Å²) in [6, 6.07) is 10.9. The second-order valence-electron chi connectivity index (χ2n) is 9.06. The molecule has 1 aliphatic carbocycles. The number of hydrogen-bond donors (Lipinski definition) is 1. The van der Waals surface area contributed by atoms with Crippen molar-refractivity contribution >= 4 is 46.7 Å². The molecule has 0 aliphatic heterocycles. The quantitative estimate of drug-likeness (QED) is 0.439. The number of nitrogens with one attached hydrogen (secondary N) is 1. The Balaban J connectivity index is 1.65. The van der Waals surface area contributed by atoms with E-state index < -0.39 is 24.5 Å². The molecule has 6 nitrogen and oxygen atoms in total. The number of carbonyl (C=O) groups excluding carboxylic acids is 3. The maximum atomic E-state index is 13.0. The normalized spacial score (nSPS) is 20.0. The molecule has 0 bridgehead atoms. The van der Waals surface area contributed by atoms with Crippen LogP contribution in [0.15, 0.2) is 42.5 Å². The second kappa shape index (κ2) is 11.7. The van der Waals surface area contributed by atoms with Gasteiger partial charge >= 0.3 is 11.9 Å². The van der Waals surface area contributed by atoms with E-state index in [-0.39, 0.29) is 28.2 Å². The minimum absolute atomic E-state index is 0.0507. The van der Waals surface area contributed by atoms with Gasteiger partial charge in [0.25, 0.3) is 5.91 Å². The average molecular weight is 506 g/mol. The Labute approximate surface area is 209 Å². The van der Waals surface area contributed by atoms with Gasteiger partial charge in [-0.15, -0.1) is 0 Å². The molecule has 0 unspecified atom stereocenters. The highest BCUT2D eigenvalue weighted by molar-refractivity contribution is 6.36. The van der Waals surface area contributed by atoms with E-state index in [4.69, 9.17) is 32.7 Å². The molecule has 3 rings (SSSR count). The summed E-state index contributed by atoms with van der Waals surface area (Å²) in [4.78, 5) is 38.0. The third kappa shape index (κ3) is 6.73. The Morgan fingerprint density at radius 1 is 1.03 bits per heavy atom. The summed E-state index contributed by atoms with van der Waals surface area (Å²) in [5, 5.41) is 3.25. The summed E-state index contributed by atoms with van der Waals surface area (Å²) in [6.45, 7) is 5.88. The van der Waals surface area contributed by atoms with Crippen LogP contribution in [0.3, 0.4) is 0 Å². The minimum Gasteiger partial charge on any atom is -0.458 e. The highest BCUT2D eigenvalue weighted by Gasteiger charge is 2.34. The van der Waals surface area contributed by atoms with E-state index in [0.717, 1.165) is 19.3 Å². The van der Waals surface area contributed by atoms with Gasteiger partial charge in [0.15, 0.2) is 6.61 Å². The largest absolute Gasteiger partial charge is 0.458 e. The maximum Gasteiger partial charge on any atom is 0.339 e. The molecule has 8 heteroatoms. The number of halogens is 2. The standard InChI is InChI=1S/C26H29Cl2NO5/c1-15(2)18-10-8-16(3)12-23(18)34-26(32)20-7-5-4-6-19(20)25(31)33-14-24(30)29-22-11-9-17(27)13-21(22)28/h4-7,9,11,13,15-16,18,23H,8,10,12,14H2,1-3H3,(H,29,30)/t16-,18+,23-/m1/s1. The van der Waals surface area contributed by atoms with Crippen LogP contribution in [-0.2, 0) is 14.3 Å². The number of esters is 2. The van der Waals surface area contributed by atoms with Crippen LogP contribution in [0.1, 0.15) is 60.7 Å². The molecule has 3 atom stereocenters. The van der Waals surface area contributed by atoms with Crippen LogP contribution in [0.4, 0.5) is 5.69 Å². The van der Waals surface area contributed by atoms with Crippen LogP contribution < -0.4 is 5.32 Å². The van der Waals surface area contributed by atoms with E-state index in [1.165, 1.54) is 18.2 Å². The number of anilines is 1. The van der Waals surface area contributed by atoms with Crippen molar-refractivity contribution in [3.05, 3.63) is 63.6 Å². The van der Waals surface area contributed by atoms with Crippen LogP contribution in [0.5, 0.6) is 0 Å². The third-order valence-corrected chi connectivity index (χ3v) is 6.67. The van der Waals surface area contributed by atoms with Crippen LogP contribution in [0.2, 0.25) is 10.0 Å². The number of amides is 1. The second-order valence-corrected chi connectivity index (χ2v) is 9.91. The van der Waals surface area contributed by atoms with Crippen molar-refractivity contribution in [2.24, 2.45) is 17.8 Å². The van der Waals surface area contributed by atoms with Gasteiger partial charge in [0.1, 0.15) is 6.10 Å². The Kier molecular flexibility index (Phi) is 8.97. The molecule has 2 aromatic rings. The van der Waals surface area contributed by atoms with E-state index in [2.05, 4.69) is 26.1 Å². The monoisotopic (exact) mass is 505 g/mol. The third-order valence-electron chi connectivity index (χ3n) is 6.13. The predicted octanol–water partition coefficient (Wildman–Crippen LogP) is 6.41. The van der Waals surface area contributed by atoms with Gasteiger partial charge in [-0.3, -0.25) is 4.79 Å². The van der Waals surface area contributed by atoms with Gasteiger partial charge in [-0.05, 0) is 60.9 Å². The minimum atomic E-state index is -0.790. The molecule has 0 aromatic heterocycles. The predicted molar refractivity (Wildman–Crippen MR) is 132 cm³/mol. The smallest absolute Gasteiger partial charge is 0.339 e. The van der Waals surface area contributed by atoms with Crippen molar-refractivity contribution in [1.29, 1.82) is 0 Å². The lowest BCUT2D eigenvalue weighted by molar-refractivity contribution is -0.119. The zero-order chi connectivity index (χ0) is 24.8. The Bertz CT molecular complexity index is 1060. The van der Waals surface area contributed by atoms with Crippen LogP contribution >= 0.6 is 23.2 Å². The molecule has 34 heavy (non-hydrogen) atoms.